The van der Waals surface area contributed by atoms with Gasteiger partial charge in [-0.05, 0) is 43.3 Å². The molecule has 3 aromatic carbocycles. The van der Waals surface area contributed by atoms with Crippen LogP contribution in [0.3, 0.4) is 0 Å². The van der Waals surface area contributed by atoms with Gasteiger partial charge in [0.1, 0.15) is 5.75 Å². The fourth-order valence-corrected chi connectivity index (χ4v) is 4.54. The second kappa shape index (κ2) is 10.6. The van der Waals surface area contributed by atoms with Crippen LogP contribution in [0.4, 0.5) is 5.13 Å². The third-order valence-electron chi connectivity index (χ3n) is 5.75. The molecule has 2 aromatic heterocycles. The molecule has 0 saturated carbocycles. The number of rotatable bonds is 7. The summed E-state index contributed by atoms with van der Waals surface area (Å²) in [4.78, 5) is 34.7. The molecule has 0 spiro atoms. The fraction of sp³-hybridized carbons (Fsp3) is 0.103. The Hall–Kier alpha value is -4.56. The molecule has 0 atom stereocenters. The first-order valence-corrected chi connectivity index (χ1v) is 12.4. The SMILES string of the molecule is COc1ccc(-c2cc(C(=O)OCC(=O)Nc3nc(-c4ccc(C)cc4)cs3)c3ccccc3n2)cc1. The number of anilines is 1. The van der Waals surface area contributed by atoms with E-state index in [1.54, 1.807) is 19.2 Å². The summed E-state index contributed by atoms with van der Waals surface area (Å²) < 4.78 is 10.6. The number of ether oxygens (including phenoxy) is 2. The first kappa shape index (κ1) is 24.1. The third-order valence-corrected chi connectivity index (χ3v) is 6.51. The van der Waals surface area contributed by atoms with Crippen LogP contribution in [0, 0.1) is 6.92 Å². The smallest absolute Gasteiger partial charge is 0.339 e. The highest BCUT2D eigenvalue weighted by Gasteiger charge is 2.17. The molecule has 5 aromatic rings. The predicted molar refractivity (Wildman–Crippen MR) is 145 cm³/mol. The molecule has 7 nitrogen and oxygen atoms in total. The Morgan fingerprint density at radius 3 is 2.35 bits per heavy atom. The van der Waals surface area contributed by atoms with Gasteiger partial charge in [0.15, 0.2) is 11.7 Å². The van der Waals surface area contributed by atoms with Gasteiger partial charge in [0.25, 0.3) is 5.91 Å². The highest BCUT2D eigenvalue weighted by molar-refractivity contribution is 7.14. The van der Waals surface area contributed by atoms with Crippen LogP contribution in [0.15, 0.2) is 84.2 Å². The summed E-state index contributed by atoms with van der Waals surface area (Å²) in [5.74, 6) is -0.351. The van der Waals surface area contributed by atoms with E-state index in [0.29, 0.717) is 27.3 Å². The van der Waals surface area contributed by atoms with E-state index in [1.807, 2.05) is 79.0 Å². The molecule has 0 aliphatic carbocycles. The lowest BCUT2D eigenvalue weighted by Crippen LogP contribution is -2.21. The van der Waals surface area contributed by atoms with E-state index in [1.165, 1.54) is 11.3 Å². The summed E-state index contributed by atoms with van der Waals surface area (Å²) in [5, 5.41) is 5.66. The molecule has 1 N–H and O–H groups in total. The number of hydrogen-bond donors (Lipinski definition) is 1. The second-order valence-electron chi connectivity index (χ2n) is 8.33. The number of methoxy groups -OCH3 is 1. The maximum atomic E-state index is 13.1. The van der Waals surface area contributed by atoms with Gasteiger partial charge in [-0.2, -0.15) is 0 Å². The summed E-state index contributed by atoms with van der Waals surface area (Å²) >= 11 is 1.31. The van der Waals surface area contributed by atoms with E-state index in [0.717, 1.165) is 28.1 Å². The number of aryl methyl sites for hydroxylation is 1. The third kappa shape index (κ3) is 5.49. The number of amides is 1. The van der Waals surface area contributed by atoms with Crippen LogP contribution in [0.25, 0.3) is 33.4 Å². The van der Waals surface area contributed by atoms with Gasteiger partial charge in [0.2, 0.25) is 0 Å². The number of thiazole rings is 1. The molecule has 8 heteroatoms. The highest BCUT2D eigenvalue weighted by atomic mass is 32.1. The molecule has 0 unspecified atom stereocenters. The van der Waals surface area contributed by atoms with Crippen molar-refractivity contribution < 1.29 is 19.1 Å². The molecule has 5 rings (SSSR count). The number of aromatic nitrogens is 2. The van der Waals surface area contributed by atoms with Crippen molar-refractivity contribution >= 4 is 39.2 Å². The van der Waals surface area contributed by atoms with Crippen LogP contribution in [0.5, 0.6) is 5.75 Å². The van der Waals surface area contributed by atoms with Crippen molar-refractivity contribution in [3.05, 3.63) is 95.4 Å². The predicted octanol–water partition coefficient (Wildman–Crippen LogP) is 6.14. The lowest BCUT2D eigenvalue weighted by Gasteiger charge is -2.10. The Balaban J connectivity index is 1.30. The quantitative estimate of drug-likeness (QED) is 0.265. The summed E-state index contributed by atoms with van der Waals surface area (Å²) in [6, 6.07) is 24.4. The minimum absolute atomic E-state index is 0.333. The van der Waals surface area contributed by atoms with Crippen LogP contribution in [-0.4, -0.2) is 35.6 Å². The molecule has 37 heavy (non-hydrogen) atoms. The molecule has 1 amide bonds. The van der Waals surface area contributed by atoms with Crippen molar-refractivity contribution in [2.24, 2.45) is 0 Å². The topological polar surface area (TPSA) is 90.4 Å². The lowest BCUT2D eigenvalue weighted by molar-refractivity contribution is -0.119. The molecule has 0 aliphatic rings. The number of pyridine rings is 1. The van der Waals surface area contributed by atoms with Crippen LogP contribution in [0.1, 0.15) is 15.9 Å². The Bertz CT molecular complexity index is 1580. The first-order valence-electron chi connectivity index (χ1n) is 11.5. The number of fused-ring (bicyclic) bond motifs is 1. The van der Waals surface area contributed by atoms with Gasteiger partial charge in [-0.25, -0.2) is 14.8 Å². The molecule has 0 fully saturated rings. The standard InChI is InChI=1S/C29H23N3O4S/c1-18-7-9-20(10-8-18)26-17-37-29(31-26)32-27(33)16-36-28(34)23-15-25(19-11-13-21(35-2)14-12-19)30-24-6-4-3-5-22(23)24/h3-15,17H,16H2,1-2H3,(H,31,32,33). The van der Waals surface area contributed by atoms with Gasteiger partial charge >= 0.3 is 5.97 Å². The van der Waals surface area contributed by atoms with Crippen LogP contribution in [0.2, 0.25) is 0 Å². The fourth-order valence-electron chi connectivity index (χ4n) is 3.81. The van der Waals surface area contributed by atoms with Crippen LogP contribution in [-0.2, 0) is 9.53 Å². The summed E-state index contributed by atoms with van der Waals surface area (Å²) in [6.45, 7) is 1.58. The zero-order valence-electron chi connectivity index (χ0n) is 20.2. The minimum Gasteiger partial charge on any atom is -0.497 e. The maximum absolute atomic E-state index is 13.1. The molecule has 2 heterocycles. The summed E-state index contributed by atoms with van der Waals surface area (Å²) in [5.41, 5.74) is 5.32. The Kier molecular flexibility index (Phi) is 6.91. The van der Waals surface area contributed by atoms with Gasteiger partial charge in [0.05, 0.1) is 29.6 Å². The first-order chi connectivity index (χ1) is 18.0. The Morgan fingerprint density at radius 2 is 1.59 bits per heavy atom. The van der Waals surface area contributed by atoms with Crippen LogP contribution < -0.4 is 10.1 Å². The highest BCUT2D eigenvalue weighted by Crippen LogP contribution is 2.27. The molecule has 0 bridgehead atoms. The number of nitrogens with zero attached hydrogens (tertiary/aromatic N) is 2. The monoisotopic (exact) mass is 509 g/mol. The van der Waals surface area contributed by atoms with E-state index in [-0.39, 0.29) is 0 Å². The average molecular weight is 510 g/mol. The van der Waals surface area contributed by atoms with Crippen molar-refractivity contribution in [3.63, 3.8) is 0 Å². The number of nitrogens with one attached hydrogen (secondary N) is 1. The van der Waals surface area contributed by atoms with Crippen molar-refractivity contribution in [1.29, 1.82) is 0 Å². The van der Waals surface area contributed by atoms with Gasteiger partial charge in [0, 0.05) is 21.9 Å². The van der Waals surface area contributed by atoms with Gasteiger partial charge in [-0.1, -0.05) is 48.0 Å². The zero-order valence-corrected chi connectivity index (χ0v) is 21.0. The molecule has 0 radical (unpaired) electrons. The second-order valence-corrected chi connectivity index (χ2v) is 9.19. The van der Waals surface area contributed by atoms with Gasteiger partial charge in [-0.15, -0.1) is 11.3 Å². The Morgan fingerprint density at radius 1 is 0.892 bits per heavy atom. The van der Waals surface area contributed by atoms with Crippen molar-refractivity contribution in [2.45, 2.75) is 6.92 Å². The molecular formula is C29H23N3O4S. The number of hydrogen-bond acceptors (Lipinski definition) is 7. The maximum Gasteiger partial charge on any atom is 0.339 e. The van der Waals surface area contributed by atoms with E-state index in [4.69, 9.17) is 14.5 Å². The summed E-state index contributed by atoms with van der Waals surface area (Å²) in [6.07, 6.45) is 0. The number of para-hydroxylation sites is 1. The van der Waals surface area contributed by atoms with Crippen molar-refractivity contribution in [3.8, 4) is 28.3 Å². The van der Waals surface area contributed by atoms with E-state index >= 15 is 0 Å². The largest absolute Gasteiger partial charge is 0.497 e. The van der Waals surface area contributed by atoms with Gasteiger partial charge in [-0.3, -0.25) is 10.1 Å². The van der Waals surface area contributed by atoms with Crippen LogP contribution >= 0.6 is 11.3 Å². The molecule has 184 valence electrons. The number of esters is 1. The molecule has 0 saturated heterocycles. The van der Waals surface area contributed by atoms with Crippen molar-refractivity contribution in [1.82, 2.24) is 9.97 Å². The molecular weight excluding hydrogens is 486 g/mol. The Labute approximate surface area is 217 Å². The number of carbonyl (C=O) groups is 2. The lowest BCUT2D eigenvalue weighted by atomic mass is 10.0. The number of benzene rings is 3. The number of carbonyl (C=O) groups excluding carboxylic acids is 2. The van der Waals surface area contributed by atoms with Crippen molar-refractivity contribution in [2.75, 3.05) is 19.0 Å². The van der Waals surface area contributed by atoms with E-state index < -0.39 is 18.5 Å². The van der Waals surface area contributed by atoms with E-state index in [9.17, 15) is 9.59 Å². The minimum atomic E-state index is -0.608. The summed E-state index contributed by atoms with van der Waals surface area (Å²) in [7, 11) is 1.60. The van der Waals surface area contributed by atoms with E-state index in [2.05, 4.69) is 10.3 Å². The van der Waals surface area contributed by atoms with Gasteiger partial charge < -0.3 is 9.47 Å². The zero-order chi connectivity index (χ0) is 25.8. The molecule has 0 aliphatic heterocycles. The average Bonchev–Trinajstić information content (AvgIpc) is 3.39. The normalized spacial score (nSPS) is 10.8.